The molecule has 1 aliphatic rings. The highest BCUT2D eigenvalue weighted by Crippen LogP contribution is 2.33. The first-order valence-electron chi connectivity index (χ1n) is 5.63. The fraction of sp³-hybridized carbons (Fsp3) is 0.333. The van der Waals surface area contributed by atoms with E-state index in [2.05, 4.69) is 26.0 Å². The van der Waals surface area contributed by atoms with E-state index in [0.717, 1.165) is 15.9 Å². The van der Waals surface area contributed by atoms with Crippen LogP contribution < -0.4 is 0 Å². The molecule has 2 aromatic rings. The normalized spacial score (nSPS) is 18.7. The average molecular weight is 312 g/mol. The maximum atomic E-state index is 12.9. The Hall–Kier alpha value is -1.27. The van der Waals surface area contributed by atoms with Gasteiger partial charge in [0, 0.05) is 0 Å². The number of nitrogens with zero attached hydrogens (tertiary/aromatic N) is 3. The predicted molar refractivity (Wildman–Crippen MR) is 67.5 cm³/mol. The van der Waals surface area contributed by atoms with Gasteiger partial charge in [0.25, 0.3) is 0 Å². The summed E-state index contributed by atoms with van der Waals surface area (Å²) in [6.45, 7) is 3.22. The SMILES string of the molecule is CC1COCc2c(Br)c(-c3ccc(F)cn3)nn21. The van der Waals surface area contributed by atoms with Crippen molar-refractivity contribution in [3.63, 3.8) is 0 Å². The molecule has 0 N–H and O–H groups in total. The van der Waals surface area contributed by atoms with Gasteiger partial charge < -0.3 is 4.74 Å². The van der Waals surface area contributed by atoms with Crippen LogP contribution in [0.2, 0.25) is 0 Å². The molecular formula is C12H11BrFN3O. The molecule has 0 saturated heterocycles. The first-order valence-corrected chi connectivity index (χ1v) is 6.42. The largest absolute Gasteiger partial charge is 0.373 e. The second-order valence-electron chi connectivity index (χ2n) is 4.28. The smallest absolute Gasteiger partial charge is 0.141 e. The van der Waals surface area contributed by atoms with Crippen molar-refractivity contribution in [3.05, 3.63) is 34.3 Å². The number of hydrogen-bond acceptors (Lipinski definition) is 3. The van der Waals surface area contributed by atoms with E-state index >= 15 is 0 Å². The minimum Gasteiger partial charge on any atom is -0.373 e. The van der Waals surface area contributed by atoms with Gasteiger partial charge in [-0.3, -0.25) is 9.67 Å². The van der Waals surface area contributed by atoms with Crippen molar-refractivity contribution in [2.45, 2.75) is 19.6 Å². The van der Waals surface area contributed by atoms with Crippen LogP contribution in [0.3, 0.4) is 0 Å². The number of ether oxygens (including phenoxy) is 1. The molecule has 1 unspecified atom stereocenters. The summed E-state index contributed by atoms with van der Waals surface area (Å²) in [7, 11) is 0. The first kappa shape index (κ1) is 11.8. The second-order valence-corrected chi connectivity index (χ2v) is 5.07. The van der Waals surface area contributed by atoms with Gasteiger partial charge in [-0.25, -0.2) is 4.39 Å². The number of halogens is 2. The highest BCUT2D eigenvalue weighted by atomic mass is 79.9. The third kappa shape index (κ3) is 1.85. The highest BCUT2D eigenvalue weighted by molar-refractivity contribution is 9.10. The zero-order valence-corrected chi connectivity index (χ0v) is 11.3. The van der Waals surface area contributed by atoms with Gasteiger partial charge in [0.1, 0.15) is 11.5 Å². The van der Waals surface area contributed by atoms with Crippen LogP contribution in [0, 0.1) is 5.82 Å². The van der Waals surface area contributed by atoms with Crippen LogP contribution in [0.1, 0.15) is 18.7 Å². The molecule has 3 heterocycles. The number of aromatic nitrogens is 3. The fourth-order valence-electron chi connectivity index (χ4n) is 2.02. The monoisotopic (exact) mass is 311 g/mol. The van der Waals surface area contributed by atoms with Gasteiger partial charge in [0.2, 0.25) is 0 Å². The van der Waals surface area contributed by atoms with Gasteiger partial charge >= 0.3 is 0 Å². The Morgan fingerprint density at radius 1 is 1.50 bits per heavy atom. The molecule has 0 saturated carbocycles. The second kappa shape index (κ2) is 4.44. The molecule has 6 heteroatoms. The molecule has 0 aromatic carbocycles. The summed E-state index contributed by atoms with van der Waals surface area (Å²) in [6, 6.07) is 3.20. The van der Waals surface area contributed by atoms with Gasteiger partial charge in [-0.2, -0.15) is 5.10 Å². The zero-order chi connectivity index (χ0) is 12.7. The average Bonchev–Trinajstić information content (AvgIpc) is 2.70. The molecule has 3 rings (SSSR count). The van der Waals surface area contributed by atoms with Gasteiger partial charge in [0.05, 0.1) is 41.3 Å². The van der Waals surface area contributed by atoms with Crippen LogP contribution in [0.15, 0.2) is 22.8 Å². The number of rotatable bonds is 1. The van der Waals surface area contributed by atoms with Gasteiger partial charge in [-0.1, -0.05) is 0 Å². The molecule has 0 aliphatic carbocycles. The lowest BCUT2D eigenvalue weighted by molar-refractivity contribution is 0.0571. The molecule has 0 fully saturated rings. The Bertz CT molecular complexity index is 582. The summed E-state index contributed by atoms with van der Waals surface area (Å²) in [5.41, 5.74) is 2.37. The lowest BCUT2D eigenvalue weighted by Crippen LogP contribution is -2.22. The molecule has 0 spiro atoms. The Kier molecular flexibility index (Phi) is 2.91. The minimum atomic E-state index is -0.351. The van der Waals surface area contributed by atoms with Gasteiger partial charge in [0.15, 0.2) is 0 Å². The third-order valence-electron chi connectivity index (χ3n) is 2.93. The lowest BCUT2D eigenvalue weighted by Gasteiger charge is -2.21. The van der Waals surface area contributed by atoms with Crippen molar-refractivity contribution < 1.29 is 9.13 Å². The van der Waals surface area contributed by atoms with Crippen LogP contribution in [0.5, 0.6) is 0 Å². The van der Waals surface area contributed by atoms with E-state index in [1.807, 2.05) is 11.6 Å². The molecular weight excluding hydrogens is 301 g/mol. The van der Waals surface area contributed by atoms with Crippen LogP contribution in [0.25, 0.3) is 11.4 Å². The first-order chi connectivity index (χ1) is 8.66. The van der Waals surface area contributed by atoms with Gasteiger partial charge in [-0.15, -0.1) is 0 Å². The predicted octanol–water partition coefficient (Wildman–Crippen LogP) is 2.94. The van der Waals surface area contributed by atoms with Crippen LogP contribution in [0.4, 0.5) is 4.39 Å². The molecule has 4 nitrogen and oxygen atoms in total. The van der Waals surface area contributed by atoms with E-state index < -0.39 is 0 Å². The summed E-state index contributed by atoms with van der Waals surface area (Å²) >= 11 is 3.52. The molecule has 1 atom stereocenters. The lowest BCUT2D eigenvalue weighted by atomic mass is 10.2. The standard InChI is InChI=1S/C12H11BrFN3O/c1-7-5-18-6-10-11(13)12(16-17(7)10)9-3-2-8(14)4-15-9/h2-4,7H,5-6H2,1H3. The summed E-state index contributed by atoms with van der Waals surface area (Å²) < 4.78 is 21.2. The van der Waals surface area contributed by atoms with Crippen LogP contribution in [-0.2, 0) is 11.3 Å². The molecule has 0 radical (unpaired) electrons. The van der Waals surface area contributed by atoms with E-state index in [4.69, 9.17) is 4.74 Å². The quantitative estimate of drug-likeness (QED) is 0.813. The number of pyridine rings is 1. The molecule has 18 heavy (non-hydrogen) atoms. The van der Waals surface area contributed by atoms with Crippen molar-refractivity contribution in [2.75, 3.05) is 6.61 Å². The molecule has 0 amide bonds. The molecule has 94 valence electrons. The summed E-state index contributed by atoms with van der Waals surface area (Å²) in [4.78, 5) is 4.06. The van der Waals surface area contributed by atoms with Gasteiger partial charge in [-0.05, 0) is 35.0 Å². The fourth-order valence-corrected chi connectivity index (χ4v) is 2.60. The minimum absolute atomic E-state index is 0.194. The van der Waals surface area contributed by atoms with Crippen LogP contribution >= 0.6 is 15.9 Å². The van der Waals surface area contributed by atoms with E-state index in [1.54, 1.807) is 6.07 Å². The van der Waals surface area contributed by atoms with E-state index in [1.165, 1.54) is 12.3 Å². The Morgan fingerprint density at radius 2 is 2.33 bits per heavy atom. The van der Waals surface area contributed by atoms with Crippen molar-refractivity contribution in [1.82, 2.24) is 14.8 Å². The van der Waals surface area contributed by atoms with Crippen LogP contribution in [-0.4, -0.2) is 21.4 Å². The topological polar surface area (TPSA) is 39.9 Å². The molecule has 0 bridgehead atoms. The van der Waals surface area contributed by atoms with E-state index in [9.17, 15) is 4.39 Å². The Labute approximate surface area is 112 Å². The Balaban J connectivity index is 2.10. The zero-order valence-electron chi connectivity index (χ0n) is 9.73. The molecule has 2 aromatic heterocycles. The highest BCUT2D eigenvalue weighted by Gasteiger charge is 2.24. The maximum absolute atomic E-state index is 12.9. The van der Waals surface area contributed by atoms with Crippen molar-refractivity contribution in [1.29, 1.82) is 0 Å². The van der Waals surface area contributed by atoms with Crippen molar-refractivity contribution >= 4 is 15.9 Å². The molecule has 1 aliphatic heterocycles. The third-order valence-corrected chi connectivity index (χ3v) is 3.76. The van der Waals surface area contributed by atoms with E-state index in [-0.39, 0.29) is 11.9 Å². The summed E-state index contributed by atoms with van der Waals surface area (Å²) in [5.74, 6) is -0.351. The van der Waals surface area contributed by atoms with E-state index in [0.29, 0.717) is 18.9 Å². The summed E-state index contributed by atoms with van der Waals surface area (Å²) in [5, 5.41) is 4.54. The van der Waals surface area contributed by atoms with Crippen molar-refractivity contribution in [2.24, 2.45) is 0 Å². The maximum Gasteiger partial charge on any atom is 0.141 e. The number of fused-ring (bicyclic) bond motifs is 1. The Morgan fingerprint density at radius 3 is 3.00 bits per heavy atom. The summed E-state index contributed by atoms with van der Waals surface area (Å²) in [6.07, 6.45) is 1.19. The number of hydrogen-bond donors (Lipinski definition) is 0. The van der Waals surface area contributed by atoms with Crippen molar-refractivity contribution in [3.8, 4) is 11.4 Å².